The molecule has 0 saturated heterocycles. The number of hydrogen-bond donors (Lipinski definition) is 1. The highest BCUT2D eigenvalue weighted by Gasteiger charge is 2.26. The molecule has 1 atom stereocenters. The molecular weight excluding hydrogens is 224 g/mol. The fraction of sp³-hybridized carbons (Fsp3) is 0.909. The Hall–Kier alpha value is -0.580. The summed E-state index contributed by atoms with van der Waals surface area (Å²) in [6.07, 6.45) is 4.24. The highest BCUT2D eigenvalue weighted by Crippen LogP contribution is 2.14. The molecule has 0 unspecified atom stereocenters. The SMILES string of the molecule is CCCCC[C@H]1CS(=O)(=O)NC(C(C)C)=N1. The van der Waals surface area contributed by atoms with Crippen LogP contribution in [0.25, 0.3) is 0 Å². The topological polar surface area (TPSA) is 58.5 Å². The summed E-state index contributed by atoms with van der Waals surface area (Å²) in [6, 6.07) is -0.0461. The summed E-state index contributed by atoms with van der Waals surface area (Å²) in [5.41, 5.74) is 0. The van der Waals surface area contributed by atoms with Gasteiger partial charge in [-0.15, -0.1) is 0 Å². The van der Waals surface area contributed by atoms with Crippen LogP contribution in [0.2, 0.25) is 0 Å². The number of rotatable bonds is 5. The van der Waals surface area contributed by atoms with E-state index in [9.17, 15) is 8.42 Å². The maximum atomic E-state index is 11.6. The largest absolute Gasteiger partial charge is 0.271 e. The van der Waals surface area contributed by atoms with Crippen LogP contribution in [0.3, 0.4) is 0 Å². The summed E-state index contributed by atoms with van der Waals surface area (Å²) in [5.74, 6) is 0.906. The van der Waals surface area contributed by atoms with Crippen LogP contribution in [0.4, 0.5) is 0 Å². The third-order valence-electron chi connectivity index (χ3n) is 2.68. The van der Waals surface area contributed by atoms with Crippen LogP contribution in [-0.4, -0.2) is 26.0 Å². The van der Waals surface area contributed by atoms with Crippen LogP contribution >= 0.6 is 0 Å². The quantitative estimate of drug-likeness (QED) is 0.753. The molecule has 1 N–H and O–H groups in total. The van der Waals surface area contributed by atoms with Gasteiger partial charge in [0.1, 0.15) is 5.84 Å². The lowest BCUT2D eigenvalue weighted by Crippen LogP contribution is -2.43. The number of amidine groups is 1. The van der Waals surface area contributed by atoms with Crippen molar-refractivity contribution in [3.63, 3.8) is 0 Å². The van der Waals surface area contributed by atoms with Gasteiger partial charge in [0.25, 0.3) is 0 Å². The smallest absolute Gasteiger partial charge is 0.235 e. The first kappa shape index (κ1) is 13.5. The second kappa shape index (κ2) is 5.66. The summed E-state index contributed by atoms with van der Waals surface area (Å²) in [5, 5.41) is 0. The number of hydrogen-bond acceptors (Lipinski definition) is 3. The van der Waals surface area contributed by atoms with Crippen LogP contribution in [0.1, 0.15) is 46.5 Å². The Labute approximate surface area is 98.6 Å². The molecule has 5 heteroatoms. The average molecular weight is 246 g/mol. The highest BCUT2D eigenvalue weighted by molar-refractivity contribution is 7.90. The Balaban J connectivity index is 2.66. The molecule has 16 heavy (non-hydrogen) atoms. The molecule has 0 aromatic carbocycles. The zero-order valence-electron chi connectivity index (χ0n) is 10.4. The van der Waals surface area contributed by atoms with Gasteiger partial charge in [0, 0.05) is 5.92 Å². The van der Waals surface area contributed by atoms with Gasteiger partial charge in [0.2, 0.25) is 10.0 Å². The Morgan fingerprint density at radius 1 is 1.44 bits per heavy atom. The van der Waals surface area contributed by atoms with Crippen LogP contribution in [0.15, 0.2) is 4.99 Å². The van der Waals surface area contributed by atoms with Gasteiger partial charge >= 0.3 is 0 Å². The van der Waals surface area contributed by atoms with E-state index < -0.39 is 10.0 Å². The van der Waals surface area contributed by atoms with Crippen molar-refractivity contribution >= 4 is 15.9 Å². The van der Waals surface area contributed by atoms with Crippen LogP contribution < -0.4 is 4.72 Å². The second-order valence-electron chi connectivity index (χ2n) is 4.70. The molecular formula is C11H22N2O2S. The van der Waals surface area contributed by atoms with Crippen molar-refractivity contribution in [3.8, 4) is 0 Å². The van der Waals surface area contributed by atoms with Gasteiger partial charge < -0.3 is 0 Å². The molecule has 4 nitrogen and oxygen atoms in total. The van der Waals surface area contributed by atoms with E-state index in [0.717, 1.165) is 25.7 Å². The third-order valence-corrected chi connectivity index (χ3v) is 4.03. The molecule has 0 amide bonds. The van der Waals surface area contributed by atoms with Crippen molar-refractivity contribution in [2.75, 3.05) is 5.75 Å². The van der Waals surface area contributed by atoms with Crippen molar-refractivity contribution in [3.05, 3.63) is 0 Å². The molecule has 94 valence electrons. The minimum Gasteiger partial charge on any atom is -0.271 e. The van der Waals surface area contributed by atoms with Gasteiger partial charge in [-0.2, -0.15) is 0 Å². The minimum atomic E-state index is -3.14. The van der Waals surface area contributed by atoms with E-state index in [1.165, 1.54) is 0 Å². The number of aliphatic imine (C=N–C) groups is 1. The van der Waals surface area contributed by atoms with Crippen molar-refractivity contribution < 1.29 is 8.42 Å². The number of unbranched alkanes of at least 4 members (excludes halogenated alkanes) is 2. The lowest BCUT2D eigenvalue weighted by molar-refractivity contribution is 0.547. The molecule has 0 spiro atoms. The maximum Gasteiger partial charge on any atom is 0.235 e. The van der Waals surface area contributed by atoms with Crippen molar-refractivity contribution in [2.24, 2.45) is 10.9 Å². The lowest BCUT2D eigenvalue weighted by atomic mass is 10.1. The second-order valence-corrected chi connectivity index (χ2v) is 6.47. The van der Waals surface area contributed by atoms with E-state index in [1.54, 1.807) is 0 Å². The predicted octanol–water partition coefficient (Wildman–Crippen LogP) is 1.92. The Bertz CT molecular complexity index is 347. The summed E-state index contributed by atoms with van der Waals surface area (Å²) < 4.78 is 25.8. The molecule has 1 heterocycles. The van der Waals surface area contributed by atoms with Gasteiger partial charge in [-0.3, -0.25) is 9.71 Å². The maximum absolute atomic E-state index is 11.6. The molecule has 1 rings (SSSR count). The number of nitrogens with one attached hydrogen (secondary N) is 1. The molecule has 0 saturated carbocycles. The minimum absolute atomic E-state index is 0.0461. The van der Waals surface area contributed by atoms with E-state index >= 15 is 0 Å². The molecule has 1 aliphatic rings. The van der Waals surface area contributed by atoms with Crippen molar-refractivity contribution in [1.82, 2.24) is 4.72 Å². The molecule has 0 radical (unpaired) electrons. The van der Waals surface area contributed by atoms with Crippen LogP contribution in [0, 0.1) is 5.92 Å². The first-order valence-corrected chi connectivity index (χ1v) is 7.68. The summed E-state index contributed by atoms with van der Waals surface area (Å²) in [7, 11) is -3.14. The first-order valence-electron chi connectivity index (χ1n) is 6.02. The fourth-order valence-electron chi connectivity index (χ4n) is 1.76. The van der Waals surface area contributed by atoms with Gasteiger partial charge in [0.15, 0.2) is 0 Å². The zero-order chi connectivity index (χ0) is 12.2. The van der Waals surface area contributed by atoms with Gasteiger partial charge in [-0.25, -0.2) is 8.42 Å². The van der Waals surface area contributed by atoms with Crippen molar-refractivity contribution in [1.29, 1.82) is 0 Å². The monoisotopic (exact) mass is 246 g/mol. The summed E-state index contributed by atoms with van der Waals surface area (Å²) in [6.45, 7) is 6.05. The van der Waals surface area contributed by atoms with E-state index in [1.807, 2.05) is 13.8 Å². The molecule has 0 aromatic heterocycles. The number of nitrogens with zero attached hydrogens (tertiary/aromatic N) is 1. The lowest BCUT2D eigenvalue weighted by Gasteiger charge is -2.24. The van der Waals surface area contributed by atoms with E-state index in [0.29, 0.717) is 5.84 Å². The molecule has 0 bridgehead atoms. The first-order chi connectivity index (χ1) is 7.44. The number of sulfonamides is 1. The fourth-order valence-corrected chi connectivity index (χ4v) is 3.20. The molecule has 0 aromatic rings. The Kier molecular flexibility index (Phi) is 4.77. The molecule has 0 fully saturated rings. The average Bonchev–Trinajstić information content (AvgIpc) is 2.15. The van der Waals surface area contributed by atoms with Crippen LogP contribution in [0.5, 0.6) is 0 Å². The molecule has 1 aliphatic heterocycles. The Morgan fingerprint density at radius 3 is 2.69 bits per heavy atom. The predicted molar refractivity (Wildman–Crippen MR) is 67.1 cm³/mol. The van der Waals surface area contributed by atoms with E-state index in [4.69, 9.17) is 0 Å². The van der Waals surface area contributed by atoms with Gasteiger partial charge in [-0.05, 0) is 6.42 Å². The van der Waals surface area contributed by atoms with E-state index in [-0.39, 0.29) is 17.7 Å². The summed E-state index contributed by atoms with van der Waals surface area (Å²) in [4.78, 5) is 4.48. The van der Waals surface area contributed by atoms with Gasteiger partial charge in [-0.1, -0.05) is 40.0 Å². The Morgan fingerprint density at radius 2 is 2.12 bits per heavy atom. The van der Waals surface area contributed by atoms with E-state index in [2.05, 4.69) is 16.6 Å². The van der Waals surface area contributed by atoms with Gasteiger partial charge in [0.05, 0.1) is 11.8 Å². The standard InChI is InChI=1S/C11H22N2O2S/c1-4-5-6-7-10-8-16(14,15)13-11(12-10)9(2)3/h9-10H,4-8H2,1-3H3,(H,12,13)/t10-/m0/s1. The zero-order valence-corrected chi connectivity index (χ0v) is 11.2. The normalized spacial score (nSPS) is 24.0. The van der Waals surface area contributed by atoms with Crippen LogP contribution in [-0.2, 0) is 10.0 Å². The van der Waals surface area contributed by atoms with Crippen molar-refractivity contribution in [2.45, 2.75) is 52.5 Å². The highest BCUT2D eigenvalue weighted by atomic mass is 32.2. The summed E-state index contributed by atoms with van der Waals surface area (Å²) >= 11 is 0. The molecule has 0 aliphatic carbocycles. The third kappa shape index (κ3) is 4.12.